The van der Waals surface area contributed by atoms with Crippen molar-refractivity contribution in [3.63, 3.8) is 0 Å². The molecule has 0 aromatic heterocycles. The molecule has 0 aliphatic carbocycles. The number of rotatable bonds is 3. The highest BCUT2D eigenvalue weighted by atomic mass is 16.4. The molecule has 0 bridgehead atoms. The van der Waals surface area contributed by atoms with Crippen LogP contribution in [0.3, 0.4) is 0 Å². The number of carboxylic acid groups (broad SMARTS) is 2. The highest BCUT2D eigenvalue weighted by Gasteiger charge is 2.22. The van der Waals surface area contributed by atoms with Gasteiger partial charge in [0.05, 0.1) is 0 Å². The average molecular weight is 176 g/mol. The predicted octanol–water partition coefficient (Wildman–Crippen LogP) is 1.60. The van der Waals surface area contributed by atoms with Gasteiger partial charge in [0.15, 0.2) is 5.92 Å². The van der Waals surface area contributed by atoms with Crippen molar-refractivity contribution in [3.05, 3.63) is 0 Å². The van der Waals surface area contributed by atoms with Crippen molar-refractivity contribution in [3.8, 4) is 0 Å². The second kappa shape index (κ2) is 8.04. The molecule has 0 atom stereocenters. The Morgan fingerprint density at radius 2 is 1.33 bits per heavy atom. The molecule has 72 valence electrons. The Balaban J connectivity index is 0. The molecule has 0 fully saturated rings. The van der Waals surface area contributed by atoms with Crippen molar-refractivity contribution in [2.75, 3.05) is 0 Å². The Labute approximate surface area is 72.2 Å². The number of hydrogen-bond donors (Lipinski definition) is 2. The van der Waals surface area contributed by atoms with Gasteiger partial charge in [-0.05, 0) is 6.42 Å². The standard InChI is InChI=1S/C5H8O4.C3H8/c1-2-3(4(6)7)5(8)9;1-3-2/h3H,2H2,1H3,(H,6,7)(H,8,9);3H2,1-2H3. The first-order valence-electron chi connectivity index (χ1n) is 3.96. The van der Waals surface area contributed by atoms with E-state index in [1.807, 2.05) is 0 Å². The van der Waals surface area contributed by atoms with Gasteiger partial charge in [-0.15, -0.1) is 0 Å². The fourth-order valence-corrected chi connectivity index (χ4v) is 0.455. The van der Waals surface area contributed by atoms with E-state index >= 15 is 0 Å². The van der Waals surface area contributed by atoms with Crippen LogP contribution >= 0.6 is 0 Å². The Bertz CT molecular complexity index is 128. The lowest BCUT2D eigenvalue weighted by atomic mass is 10.1. The Morgan fingerprint density at radius 1 is 1.08 bits per heavy atom. The molecular weight excluding hydrogens is 160 g/mol. The van der Waals surface area contributed by atoms with Gasteiger partial charge in [-0.3, -0.25) is 9.59 Å². The Hall–Kier alpha value is -1.06. The molecule has 2 N–H and O–H groups in total. The van der Waals surface area contributed by atoms with E-state index in [0.29, 0.717) is 0 Å². The topological polar surface area (TPSA) is 74.6 Å². The predicted molar refractivity (Wildman–Crippen MR) is 45.0 cm³/mol. The minimum atomic E-state index is -1.27. The summed E-state index contributed by atoms with van der Waals surface area (Å²) in [6, 6.07) is 0. The maximum Gasteiger partial charge on any atom is 0.317 e. The first kappa shape index (κ1) is 13.5. The van der Waals surface area contributed by atoms with Crippen LogP contribution in [0.2, 0.25) is 0 Å². The smallest absolute Gasteiger partial charge is 0.317 e. The van der Waals surface area contributed by atoms with Crippen molar-refractivity contribution in [2.45, 2.75) is 33.6 Å². The van der Waals surface area contributed by atoms with Crippen LogP contribution in [0.1, 0.15) is 33.6 Å². The van der Waals surface area contributed by atoms with E-state index in [-0.39, 0.29) is 6.42 Å². The van der Waals surface area contributed by atoms with Gasteiger partial charge in [-0.1, -0.05) is 27.2 Å². The lowest BCUT2D eigenvalue weighted by Gasteiger charge is -2.00. The van der Waals surface area contributed by atoms with Gasteiger partial charge in [-0.2, -0.15) is 0 Å². The molecule has 0 saturated heterocycles. The summed E-state index contributed by atoms with van der Waals surface area (Å²) in [6.45, 7) is 5.77. The molecule has 0 spiro atoms. The van der Waals surface area contributed by atoms with Gasteiger partial charge in [-0.25, -0.2) is 0 Å². The van der Waals surface area contributed by atoms with Gasteiger partial charge in [0.1, 0.15) is 0 Å². The van der Waals surface area contributed by atoms with E-state index in [0.717, 1.165) is 0 Å². The summed E-state index contributed by atoms with van der Waals surface area (Å²) in [4.78, 5) is 20.0. The van der Waals surface area contributed by atoms with Gasteiger partial charge in [0.25, 0.3) is 0 Å². The van der Waals surface area contributed by atoms with Crippen LogP contribution in [-0.4, -0.2) is 22.2 Å². The second-order valence-corrected chi connectivity index (χ2v) is 2.34. The van der Waals surface area contributed by atoms with Crippen molar-refractivity contribution in [1.29, 1.82) is 0 Å². The molecule has 0 rings (SSSR count). The highest BCUT2D eigenvalue weighted by Crippen LogP contribution is 2.00. The van der Waals surface area contributed by atoms with Gasteiger partial charge in [0.2, 0.25) is 0 Å². The van der Waals surface area contributed by atoms with E-state index < -0.39 is 17.9 Å². The minimum Gasteiger partial charge on any atom is -0.481 e. The minimum absolute atomic E-state index is 0.130. The quantitative estimate of drug-likeness (QED) is 0.640. The summed E-state index contributed by atoms with van der Waals surface area (Å²) in [5.41, 5.74) is 0. The summed E-state index contributed by atoms with van der Waals surface area (Å²) >= 11 is 0. The van der Waals surface area contributed by atoms with E-state index in [1.165, 1.54) is 13.3 Å². The van der Waals surface area contributed by atoms with Crippen LogP contribution in [0.4, 0.5) is 0 Å². The van der Waals surface area contributed by atoms with E-state index in [9.17, 15) is 9.59 Å². The molecule has 0 amide bonds. The number of carbonyl (C=O) groups is 2. The van der Waals surface area contributed by atoms with Crippen LogP contribution in [0.5, 0.6) is 0 Å². The van der Waals surface area contributed by atoms with Gasteiger partial charge >= 0.3 is 11.9 Å². The van der Waals surface area contributed by atoms with Crippen LogP contribution in [0, 0.1) is 5.92 Å². The van der Waals surface area contributed by atoms with Crippen LogP contribution in [0.25, 0.3) is 0 Å². The lowest BCUT2D eigenvalue weighted by Crippen LogP contribution is -2.21. The Kier molecular flexibility index (Phi) is 9.06. The molecule has 0 aliphatic rings. The van der Waals surface area contributed by atoms with Crippen molar-refractivity contribution >= 4 is 11.9 Å². The third-order valence-corrected chi connectivity index (χ3v) is 1.00. The molecule has 0 heterocycles. The molecule has 0 aromatic carbocycles. The summed E-state index contributed by atoms with van der Waals surface area (Å²) in [6.07, 6.45) is 1.38. The molecule has 0 aromatic rings. The van der Waals surface area contributed by atoms with Gasteiger partial charge in [0, 0.05) is 0 Å². The SMILES string of the molecule is CCC.CCC(C(=O)O)C(=O)O. The van der Waals surface area contributed by atoms with Crippen molar-refractivity contribution in [1.82, 2.24) is 0 Å². The van der Waals surface area contributed by atoms with Crippen LogP contribution in [0.15, 0.2) is 0 Å². The van der Waals surface area contributed by atoms with E-state index in [4.69, 9.17) is 10.2 Å². The zero-order chi connectivity index (χ0) is 10.1. The zero-order valence-corrected chi connectivity index (χ0v) is 7.70. The molecule has 12 heavy (non-hydrogen) atoms. The summed E-state index contributed by atoms with van der Waals surface area (Å²) in [5.74, 6) is -3.79. The average Bonchev–Trinajstić information content (AvgIpc) is 1.88. The maximum atomic E-state index is 9.99. The monoisotopic (exact) mass is 176 g/mol. The maximum absolute atomic E-state index is 9.99. The third-order valence-electron chi connectivity index (χ3n) is 1.00. The fourth-order valence-electron chi connectivity index (χ4n) is 0.455. The highest BCUT2D eigenvalue weighted by molar-refractivity contribution is 5.92. The van der Waals surface area contributed by atoms with Crippen molar-refractivity contribution < 1.29 is 19.8 Å². The van der Waals surface area contributed by atoms with Gasteiger partial charge < -0.3 is 10.2 Å². The summed E-state index contributed by atoms with van der Waals surface area (Å²) in [5, 5.41) is 16.3. The third kappa shape index (κ3) is 7.05. The lowest BCUT2D eigenvalue weighted by molar-refractivity contribution is -0.154. The first-order chi connectivity index (χ1) is 5.51. The molecule has 0 saturated carbocycles. The number of carboxylic acids is 2. The van der Waals surface area contributed by atoms with E-state index in [2.05, 4.69) is 13.8 Å². The molecular formula is C8H16O4. The fraction of sp³-hybridized carbons (Fsp3) is 0.750. The van der Waals surface area contributed by atoms with E-state index in [1.54, 1.807) is 0 Å². The summed E-state index contributed by atoms with van der Waals surface area (Å²) in [7, 11) is 0. The zero-order valence-electron chi connectivity index (χ0n) is 7.70. The van der Waals surface area contributed by atoms with Crippen LogP contribution in [-0.2, 0) is 9.59 Å². The molecule has 4 nitrogen and oxygen atoms in total. The second-order valence-electron chi connectivity index (χ2n) is 2.34. The molecule has 4 heteroatoms. The number of hydrogen-bond acceptors (Lipinski definition) is 2. The van der Waals surface area contributed by atoms with Crippen LogP contribution < -0.4 is 0 Å². The normalized spacial score (nSPS) is 8.67. The first-order valence-corrected chi connectivity index (χ1v) is 3.96. The Morgan fingerprint density at radius 3 is 1.33 bits per heavy atom. The summed E-state index contributed by atoms with van der Waals surface area (Å²) < 4.78 is 0. The molecule has 0 aliphatic heterocycles. The molecule has 0 radical (unpaired) electrons. The number of aliphatic carboxylic acids is 2. The van der Waals surface area contributed by atoms with Crippen molar-refractivity contribution in [2.24, 2.45) is 5.92 Å². The largest absolute Gasteiger partial charge is 0.481 e. The molecule has 0 unspecified atom stereocenters.